The van der Waals surface area contributed by atoms with Crippen LogP contribution in [0, 0.1) is 5.92 Å². The number of carbonyl (C=O) groups is 3. The molecule has 2 aromatic carbocycles. The third kappa shape index (κ3) is 5.40. The van der Waals surface area contributed by atoms with Gasteiger partial charge in [-0.05, 0) is 36.2 Å². The quantitative estimate of drug-likeness (QED) is 0.635. The Bertz CT molecular complexity index is 1040. The Labute approximate surface area is 187 Å². The zero-order valence-corrected chi connectivity index (χ0v) is 17.8. The lowest BCUT2D eigenvalue weighted by molar-refractivity contribution is -0.151. The molecule has 1 unspecified atom stereocenters. The average Bonchev–Trinajstić information content (AvgIpc) is 3.14. The van der Waals surface area contributed by atoms with E-state index >= 15 is 0 Å². The highest BCUT2D eigenvalue weighted by Crippen LogP contribution is 2.34. The minimum atomic E-state index is -4.60. The van der Waals surface area contributed by atoms with E-state index < -0.39 is 36.1 Å². The minimum absolute atomic E-state index is 0.0576. The molecular weight excluding hydrogens is 449 g/mol. The second-order valence-corrected chi connectivity index (χ2v) is 7.64. The topological polar surface area (TPSA) is 75.7 Å². The molecule has 32 heavy (non-hydrogen) atoms. The van der Waals surface area contributed by atoms with Crippen LogP contribution in [0.25, 0.3) is 0 Å². The van der Waals surface area contributed by atoms with Crippen LogP contribution in [0.3, 0.4) is 0 Å². The van der Waals surface area contributed by atoms with Crippen LogP contribution in [-0.4, -0.2) is 30.9 Å². The second-order valence-electron chi connectivity index (χ2n) is 7.24. The van der Waals surface area contributed by atoms with Crippen LogP contribution in [0.5, 0.6) is 0 Å². The molecule has 0 aromatic heterocycles. The number of amides is 2. The monoisotopic (exact) mass is 468 g/mol. The van der Waals surface area contributed by atoms with Crippen molar-refractivity contribution in [2.24, 2.45) is 5.92 Å². The van der Waals surface area contributed by atoms with Crippen molar-refractivity contribution in [1.82, 2.24) is 0 Å². The Morgan fingerprint density at radius 2 is 1.94 bits per heavy atom. The Kier molecular flexibility index (Phi) is 7.08. The zero-order chi connectivity index (χ0) is 23.5. The molecule has 1 atom stereocenters. The van der Waals surface area contributed by atoms with E-state index in [0.717, 1.165) is 23.4 Å². The first-order valence-electron chi connectivity index (χ1n) is 9.81. The van der Waals surface area contributed by atoms with Crippen molar-refractivity contribution in [2.75, 3.05) is 23.4 Å². The Hall–Kier alpha value is -3.07. The number of nitrogens with zero attached hydrogens (tertiary/aromatic N) is 1. The van der Waals surface area contributed by atoms with E-state index in [1.807, 2.05) is 19.1 Å². The summed E-state index contributed by atoms with van der Waals surface area (Å²) in [4.78, 5) is 38.4. The number of halogens is 4. The highest BCUT2D eigenvalue weighted by Gasteiger charge is 2.37. The molecule has 0 spiro atoms. The molecule has 0 aliphatic carbocycles. The molecule has 0 radical (unpaired) electrons. The van der Waals surface area contributed by atoms with E-state index in [2.05, 4.69) is 5.32 Å². The van der Waals surface area contributed by atoms with Crippen LogP contribution in [0.2, 0.25) is 5.02 Å². The molecule has 1 saturated heterocycles. The van der Waals surface area contributed by atoms with Crippen molar-refractivity contribution in [3.05, 3.63) is 58.6 Å². The maximum atomic E-state index is 12.8. The first-order chi connectivity index (χ1) is 15.1. The van der Waals surface area contributed by atoms with Gasteiger partial charge in [-0.2, -0.15) is 13.2 Å². The van der Waals surface area contributed by atoms with Gasteiger partial charge in [-0.25, -0.2) is 0 Å². The number of nitrogens with one attached hydrogen (secondary N) is 1. The van der Waals surface area contributed by atoms with Crippen molar-refractivity contribution < 1.29 is 32.3 Å². The van der Waals surface area contributed by atoms with Crippen molar-refractivity contribution in [3.8, 4) is 0 Å². The van der Waals surface area contributed by atoms with Crippen LogP contribution < -0.4 is 10.2 Å². The molecule has 1 aliphatic heterocycles. The zero-order valence-electron chi connectivity index (χ0n) is 17.0. The second kappa shape index (κ2) is 9.60. The fourth-order valence-electron chi connectivity index (χ4n) is 3.41. The van der Waals surface area contributed by atoms with Gasteiger partial charge in [0.2, 0.25) is 5.91 Å². The number of para-hydroxylation sites is 1. The van der Waals surface area contributed by atoms with Crippen molar-refractivity contribution >= 4 is 40.8 Å². The highest BCUT2D eigenvalue weighted by atomic mass is 35.5. The van der Waals surface area contributed by atoms with Crippen molar-refractivity contribution in [3.63, 3.8) is 0 Å². The third-order valence-corrected chi connectivity index (χ3v) is 5.36. The molecule has 2 aromatic rings. The number of ether oxygens (including phenoxy) is 1. The fraction of sp³-hybridized carbons (Fsp3) is 0.318. The standard InChI is InChI=1S/C22H20ClF3N2O4/c1-2-13-5-3-4-6-18(13)28-11-14(9-20(28)30)21(31)32-12-19(29)27-17-10-15(22(24,25)26)7-8-16(17)23/h3-8,10,14H,2,9,11-12H2,1H3,(H,27,29). The van der Waals surface area contributed by atoms with E-state index in [-0.39, 0.29) is 29.6 Å². The van der Waals surface area contributed by atoms with E-state index in [1.165, 1.54) is 4.90 Å². The first-order valence-corrected chi connectivity index (χ1v) is 10.2. The first kappa shape index (κ1) is 23.6. The van der Waals surface area contributed by atoms with Crippen LogP contribution in [-0.2, 0) is 31.7 Å². The maximum Gasteiger partial charge on any atom is 0.416 e. The Balaban J connectivity index is 1.58. The number of aryl methyl sites for hydroxylation is 1. The number of rotatable bonds is 6. The number of hydrogen-bond acceptors (Lipinski definition) is 4. The summed E-state index contributed by atoms with van der Waals surface area (Å²) < 4.78 is 43.5. The van der Waals surface area contributed by atoms with Gasteiger partial charge in [-0.1, -0.05) is 36.7 Å². The summed E-state index contributed by atoms with van der Waals surface area (Å²) in [6.07, 6.45) is -3.95. The largest absolute Gasteiger partial charge is 0.455 e. The molecule has 1 fully saturated rings. The summed E-state index contributed by atoms with van der Waals surface area (Å²) in [5, 5.41) is 2.11. The molecule has 0 saturated carbocycles. The molecule has 0 bridgehead atoms. The van der Waals surface area contributed by atoms with Crippen molar-refractivity contribution in [1.29, 1.82) is 0 Å². The van der Waals surface area contributed by atoms with Crippen molar-refractivity contribution in [2.45, 2.75) is 25.9 Å². The van der Waals surface area contributed by atoms with E-state index in [4.69, 9.17) is 16.3 Å². The molecule has 6 nitrogen and oxygen atoms in total. The summed E-state index contributed by atoms with van der Waals surface area (Å²) >= 11 is 5.84. The third-order valence-electron chi connectivity index (χ3n) is 5.03. The smallest absolute Gasteiger partial charge is 0.416 e. The van der Waals surface area contributed by atoms with Gasteiger partial charge in [0.05, 0.1) is 22.2 Å². The highest BCUT2D eigenvalue weighted by molar-refractivity contribution is 6.33. The Morgan fingerprint density at radius 1 is 1.22 bits per heavy atom. The summed E-state index contributed by atoms with van der Waals surface area (Å²) in [5.41, 5.74) is 0.464. The maximum absolute atomic E-state index is 12.8. The van der Waals surface area contributed by atoms with E-state index in [0.29, 0.717) is 12.5 Å². The van der Waals surface area contributed by atoms with Gasteiger partial charge in [0.1, 0.15) is 0 Å². The predicted molar refractivity (Wildman–Crippen MR) is 112 cm³/mol. The van der Waals surface area contributed by atoms with Crippen LogP contribution in [0.4, 0.5) is 24.5 Å². The molecule has 3 rings (SSSR count). The molecule has 170 valence electrons. The lowest BCUT2D eigenvalue weighted by Crippen LogP contribution is -2.28. The molecule has 1 aliphatic rings. The number of alkyl halides is 3. The van der Waals surface area contributed by atoms with Gasteiger partial charge in [-0.3, -0.25) is 14.4 Å². The van der Waals surface area contributed by atoms with E-state index in [1.54, 1.807) is 12.1 Å². The predicted octanol–water partition coefficient (Wildman–Crippen LogP) is 4.46. The minimum Gasteiger partial charge on any atom is -0.455 e. The van der Waals surface area contributed by atoms with Gasteiger partial charge in [0, 0.05) is 18.7 Å². The van der Waals surface area contributed by atoms with Gasteiger partial charge in [-0.15, -0.1) is 0 Å². The summed E-state index contributed by atoms with van der Waals surface area (Å²) in [7, 11) is 0. The SMILES string of the molecule is CCc1ccccc1N1CC(C(=O)OCC(=O)Nc2cc(C(F)(F)F)ccc2Cl)CC1=O. The average molecular weight is 469 g/mol. The van der Waals surface area contributed by atoms with Crippen LogP contribution >= 0.6 is 11.6 Å². The number of hydrogen-bond donors (Lipinski definition) is 1. The summed E-state index contributed by atoms with van der Waals surface area (Å²) in [6, 6.07) is 9.87. The number of benzene rings is 2. The molecule has 10 heteroatoms. The Morgan fingerprint density at radius 3 is 2.62 bits per heavy atom. The fourth-order valence-corrected chi connectivity index (χ4v) is 3.57. The van der Waals surface area contributed by atoms with Crippen LogP contribution in [0.1, 0.15) is 24.5 Å². The number of carbonyl (C=O) groups excluding carboxylic acids is 3. The van der Waals surface area contributed by atoms with Gasteiger partial charge >= 0.3 is 12.1 Å². The number of esters is 1. The van der Waals surface area contributed by atoms with Gasteiger partial charge in [0.25, 0.3) is 5.91 Å². The number of anilines is 2. The molecule has 1 heterocycles. The lowest BCUT2D eigenvalue weighted by Gasteiger charge is -2.19. The van der Waals surface area contributed by atoms with E-state index in [9.17, 15) is 27.6 Å². The lowest BCUT2D eigenvalue weighted by atomic mass is 10.1. The van der Waals surface area contributed by atoms with Gasteiger partial charge < -0.3 is 15.0 Å². The molecule has 2 amide bonds. The molecular formula is C22H20ClF3N2O4. The van der Waals surface area contributed by atoms with Crippen LogP contribution in [0.15, 0.2) is 42.5 Å². The summed E-state index contributed by atoms with van der Waals surface area (Å²) in [6.45, 7) is 1.36. The normalized spacial score (nSPS) is 16.2. The molecule has 1 N–H and O–H groups in total. The summed E-state index contributed by atoms with van der Waals surface area (Å²) in [5.74, 6) is -2.57. The van der Waals surface area contributed by atoms with Gasteiger partial charge in [0.15, 0.2) is 6.61 Å².